The SMILES string of the molecule is Fc1ccc(C=NN=C(c2ccccc2)C23CN4CN(CN(C4)C2)C3)cc1. The Labute approximate surface area is 158 Å². The maximum atomic E-state index is 13.1. The summed E-state index contributed by atoms with van der Waals surface area (Å²) in [5, 5.41) is 9.10. The number of hydrogen-bond acceptors (Lipinski definition) is 5. The van der Waals surface area contributed by atoms with Crippen molar-refractivity contribution >= 4 is 11.9 Å². The second-order valence-corrected chi connectivity index (χ2v) is 7.80. The fourth-order valence-corrected chi connectivity index (χ4v) is 4.71. The van der Waals surface area contributed by atoms with Crippen molar-refractivity contribution in [1.29, 1.82) is 0 Å². The highest BCUT2D eigenvalue weighted by molar-refractivity contribution is 6.05. The largest absolute Gasteiger partial charge is 0.276 e. The van der Waals surface area contributed by atoms with Crippen LogP contribution in [0.4, 0.5) is 4.39 Å². The first-order valence-electron chi connectivity index (χ1n) is 9.30. The topological polar surface area (TPSA) is 34.4 Å². The molecule has 2 aromatic rings. The van der Waals surface area contributed by atoms with Crippen molar-refractivity contribution in [2.24, 2.45) is 15.6 Å². The van der Waals surface area contributed by atoms with Gasteiger partial charge in [-0.25, -0.2) is 4.39 Å². The molecule has 0 radical (unpaired) electrons. The van der Waals surface area contributed by atoms with Gasteiger partial charge in [-0.2, -0.15) is 10.2 Å². The Balaban J connectivity index is 1.51. The Morgan fingerprint density at radius 1 is 0.852 bits per heavy atom. The Hall–Kier alpha value is -2.41. The molecule has 6 rings (SSSR count). The molecular weight excluding hydrogens is 341 g/mol. The van der Waals surface area contributed by atoms with E-state index in [9.17, 15) is 4.39 Å². The van der Waals surface area contributed by atoms with Crippen LogP contribution in [0.1, 0.15) is 11.1 Å². The highest BCUT2D eigenvalue weighted by Gasteiger charge is 2.51. The molecule has 0 saturated carbocycles. The molecule has 4 aliphatic heterocycles. The first-order chi connectivity index (χ1) is 13.2. The van der Waals surface area contributed by atoms with Gasteiger partial charge in [-0.3, -0.25) is 14.7 Å². The third-order valence-electron chi connectivity index (χ3n) is 5.56. The van der Waals surface area contributed by atoms with Crippen LogP contribution >= 0.6 is 0 Å². The van der Waals surface area contributed by atoms with Crippen molar-refractivity contribution in [3.8, 4) is 0 Å². The van der Waals surface area contributed by atoms with Crippen LogP contribution in [0.15, 0.2) is 64.8 Å². The predicted octanol–water partition coefficient (Wildman–Crippen LogP) is 2.45. The van der Waals surface area contributed by atoms with Gasteiger partial charge in [0.2, 0.25) is 0 Å². The molecule has 27 heavy (non-hydrogen) atoms. The van der Waals surface area contributed by atoms with Crippen molar-refractivity contribution < 1.29 is 4.39 Å². The predicted molar refractivity (Wildman–Crippen MR) is 104 cm³/mol. The highest BCUT2D eigenvalue weighted by atomic mass is 19.1. The molecule has 6 heteroatoms. The van der Waals surface area contributed by atoms with Crippen LogP contribution in [0, 0.1) is 11.2 Å². The number of halogens is 1. The molecule has 0 N–H and O–H groups in total. The zero-order chi connectivity index (χ0) is 18.3. The molecule has 0 aliphatic carbocycles. The second-order valence-electron chi connectivity index (χ2n) is 7.80. The summed E-state index contributed by atoms with van der Waals surface area (Å²) in [4.78, 5) is 7.45. The summed E-state index contributed by atoms with van der Waals surface area (Å²) in [6.07, 6.45) is 1.70. The van der Waals surface area contributed by atoms with E-state index in [1.807, 2.05) is 6.07 Å². The molecular formula is C21H22FN5. The van der Waals surface area contributed by atoms with E-state index in [1.165, 1.54) is 12.1 Å². The van der Waals surface area contributed by atoms with Gasteiger partial charge in [0.15, 0.2) is 0 Å². The van der Waals surface area contributed by atoms with Gasteiger partial charge in [0.25, 0.3) is 0 Å². The molecule has 0 atom stereocenters. The first kappa shape index (κ1) is 16.7. The first-order valence-corrected chi connectivity index (χ1v) is 9.30. The van der Waals surface area contributed by atoms with Crippen LogP contribution in [-0.4, -0.2) is 66.3 Å². The van der Waals surface area contributed by atoms with Gasteiger partial charge in [-0.05, 0) is 23.3 Å². The van der Waals surface area contributed by atoms with Crippen molar-refractivity contribution in [3.63, 3.8) is 0 Å². The molecule has 4 fully saturated rings. The normalized spacial score (nSPS) is 32.3. The minimum absolute atomic E-state index is 0.0315. The van der Waals surface area contributed by atoms with Gasteiger partial charge < -0.3 is 0 Å². The molecule has 4 saturated heterocycles. The van der Waals surface area contributed by atoms with Gasteiger partial charge >= 0.3 is 0 Å². The molecule has 138 valence electrons. The van der Waals surface area contributed by atoms with Crippen LogP contribution in [0.3, 0.4) is 0 Å². The maximum Gasteiger partial charge on any atom is 0.123 e. The monoisotopic (exact) mass is 363 g/mol. The van der Waals surface area contributed by atoms with E-state index in [1.54, 1.807) is 18.3 Å². The van der Waals surface area contributed by atoms with E-state index < -0.39 is 0 Å². The minimum Gasteiger partial charge on any atom is -0.276 e. The smallest absolute Gasteiger partial charge is 0.123 e. The molecule has 0 amide bonds. The standard InChI is InChI=1S/C21H22FN5/c22-19-8-6-17(7-9-19)10-23-24-20(18-4-2-1-3-5-18)21-11-25-14-26(12-21)16-27(13-21)15-25/h1-10H,11-16H2. The Morgan fingerprint density at radius 2 is 1.44 bits per heavy atom. The van der Waals surface area contributed by atoms with Crippen LogP contribution in [0.5, 0.6) is 0 Å². The lowest BCUT2D eigenvalue weighted by Gasteiger charge is -2.60. The molecule has 0 unspecified atom stereocenters. The van der Waals surface area contributed by atoms with Crippen molar-refractivity contribution in [1.82, 2.24) is 14.7 Å². The summed E-state index contributed by atoms with van der Waals surface area (Å²) < 4.78 is 13.1. The fraction of sp³-hybridized carbons (Fsp3) is 0.333. The van der Waals surface area contributed by atoms with Crippen molar-refractivity contribution in [3.05, 3.63) is 71.5 Å². The maximum absolute atomic E-state index is 13.1. The van der Waals surface area contributed by atoms with Gasteiger partial charge in [0.1, 0.15) is 5.82 Å². The molecule has 4 bridgehead atoms. The van der Waals surface area contributed by atoms with Crippen LogP contribution in [0.2, 0.25) is 0 Å². The minimum atomic E-state index is -0.244. The third kappa shape index (κ3) is 3.20. The lowest BCUT2D eigenvalue weighted by Crippen LogP contribution is -2.74. The van der Waals surface area contributed by atoms with E-state index >= 15 is 0 Å². The summed E-state index contributed by atoms with van der Waals surface area (Å²) in [6, 6.07) is 16.7. The summed E-state index contributed by atoms with van der Waals surface area (Å²) >= 11 is 0. The molecule has 5 nitrogen and oxygen atoms in total. The Kier molecular flexibility index (Phi) is 4.11. The van der Waals surface area contributed by atoms with E-state index in [-0.39, 0.29) is 11.2 Å². The van der Waals surface area contributed by atoms with Crippen molar-refractivity contribution in [2.75, 3.05) is 39.6 Å². The lowest BCUT2D eigenvalue weighted by molar-refractivity contribution is -0.149. The fourth-order valence-electron chi connectivity index (χ4n) is 4.71. The molecule has 2 aromatic carbocycles. The summed E-state index contributed by atoms with van der Waals surface area (Å²) in [7, 11) is 0. The number of nitrogens with zero attached hydrogens (tertiary/aromatic N) is 5. The molecule has 0 spiro atoms. The van der Waals surface area contributed by atoms with E-state index in [0.717, 1.165) is 56.5 Å². The van der Waals surface area contributed by atoms with Crippen LogP contribution in [-0.2, 0) is 0 Å². The summed E-state index contributed by atoms with van der Waals surface area (Å²) in [5.74, 6) is -0.244. The second kappa shape index (κ2) is 6.64. The van der Waals surface area contributed by atoms with Gasteiger partial charge in [-0.15, -0.1) is 0 Å². The average Bonchev–Trinajstić information content (AvgIpc) is 2.66. The molecule has 4 heterocycles. The lowest BCUT2D eigenvalue weighted by atomic mass is 9.74. The summed E-state index contributed by atoms with van der Waals surface area (Å²) in [5.41, 5.74) is 2.98. The number of benzene rings is 2. The van der Waals surface area contributed by atoms with Crippen LogP contribution < -0.4 is 0 Å². The van der Waals surface area contributed by atoms with Crippen LogP contribution in [0.25, 0.3) is 0 Å². The zero-order valence-electron chi connectivity index (χ0n) is 15.1. The number of hydrogen-bond donors (Lipinski definition) is 0. The van der Waals surface area contributed by atoms with Gasteiger partial charge in [0.05, 0.1) is 37.3 Å². The van der Waals surface area contributed by atoms with E-state index in [0.29, 0.717) is 0 Å². The van der Waals surface area contributed by atoms with Gasteiger partial charge in [-0.1, -0.05) is 42.5 Å². The van der Waals surface area contributed by atoms with Crippen molar-refractivity contribution in [2.45, 2.75) is 0 Å². The van der Waals surface area contributed by atoms with E-state index in [4.69, 9.17) is 5.10 Å². The Bertz CT molecular complexity index is 840. The average molecular weight is 363 g/mol. The number of rotatable bonds is 4. The Morgan fingerprint density at radius 3 is 2.04 bits per heavy atom. The molecule has 4 aliphatic rings. The van der Waals surface area contributed by atoms with E-state index in [2.05, 4.69) is 44.1 Å². The highest BCUT2D eigenvalue weighted by Crippen LogP contribution is 2.38. The zero-order valence-corrected chi connectivity index (χ0v) is 15.1. The van der Waals surface area contributed by atoms with Gasteiger partial charge in [0, 0.05) is 19.6 Å². The third-order valence-corrected chi connectivity index (χ3v) is 5.56. The molecule has 0 aromatic heterocycles. The summed E-state index contributed by atoms with van der Waals surface area (Å²) in [6.45, 7) is 6.16. The quantitative estimate of drug-likeness (QED) is 0.618.